The third-order valence-electron chi connectivity index (χ3n) is 3.54. The summed E-state index contributed by atoms with van der Waals surface area (Å²) in [6, 6.07) is 0. The number of rotatable bonds is 1. The fraction of sp³-hybridized carbons (Fsp3) is 0.583. The van der Waals surface area contributed by atoms with Crippen LogP contribution in [-0.4, -0.2) is 19.8 Å². The lowest BCUT2D eigenvalue weighted by atomic mass is 9.97. The zero-order chi connectivity index (χ0) is 11.7. The highest BCUT2D eigenvalue weighted by molar-refractivity contribution is 5.48. The Morgan fingerprint density at radius 2 is 1.94 bits per heavy atom. The van der Waals surface area contributed by atoms with Crippen molar-refractivity contribution in [1.82, 2.24) is 19.8 Å². The van der Waals surface area contributed by atoms with E-state index in [1.54, 1.807) is 16.9 Å². The SMILES string of the molecule is Nc1cnc2c(C3CCCCCC3)nnn2c1. The van der Waals surface area contributed by atoms with E-state index in [0.717, 1.165) is 11.3 Å². The molecule has 5 heteroatoms. The van der Waals surface area contributed by atoms with Gasteiger partial charge in [-0.25, -0.2) is 4.98 Å². The maximum Gasteiger partial charge on any atom is 0.179 e. The monoisotopic (exact) mass is 231 g/mol. The van der Waals surface area contributed by atoms with Crippen LogP contribution >= 0.6 is 0 Å². The van der Waals surface area contributed by atoms with Gasteiger partial charge in [0.25, 0.3) is 0 Å². The molecule has 1 fully saturated rings. The fourth-order valence-corrected chi connectivity index (χ4v) is 2.64. The van der Waals surface area contributed by atoms with Crippen LogP contribution in [0.5, 0.6) is 0 Å². The minimum atomic E-state index is 0.520. The minimum absolute atomic E-state index is 0.520. The molecule has 0 radical (unpaired) electrons. The Balaban J connectivity index is 1.98. The summed E-state index contributed by atoms with van der Waals surface area (Å²) in [7, 11) is 0. The summed E-state index contributed by atoms with van der Waals surface area (Å²) in [5.41, 5.74) is 8.22. The van der Waals surface area contributed by atoms with Gasteiger partial charge in [-0.05, 0) is 12.8 Å². The van der Waals surface area contributed by atoms with Crippen LogP contribution in [-0.2, 0) is 0 Å². The van der Waals surface area contributed by atoms with Gasteiger partial charge in [-0.1, -0.05) is 30.9 Å². The van der Waals surface area contributed by atoms with Gasteiger partial charge in [-0.15, -0.1) is 5.10 Å². The Morgan fingerprint density at radius 1 is 1.18 bits per heavy atom. The molecule has 2 heterocycles. The van der Waals surface area contributed by atoms with Crippen molar-refractivity contribution < 1.29 is 0 Å². The summed E-state index contributed by atoms with van der Waals surface area (Å²) in [5, 5.41) is 8.41. The maximum absolute atomic E-state index is 5.69. The van der Waals surface area contributed by atoms with Gasteiger partial charge in [0, 0.05) is 5.92 Å². The largest absolute Gasteiger partial charge is 0.396 e. The normalized spacial score (nSPS) is 18.4. The maximum atomic E-state index is 5.69. The van der Waals surface area contributed by atoms with E-state index < -0.39 is 0 Å². The molecule has 2 N–H and O–H groups in total. The number of nitrogens with zero attached hydrogens (tertiary/aromatic N) is 4. The van der Waals surface area contributed by atoms with Crippen LogP contribution in [0.2, 0.25) is 0 Å². The first-order valence-electron chi connectivity index (χ1n) is 6.31. The lowest BCUT2D eigenvalue weighted by Crippen LogP contribution is -2.00. The minimum Gasteiger partial charge on any atom is -0.396 e. The number of anilines is 1. The molecule has 1 saturated carbocycles. The summed E-state index contributed by atoms with van der Waals surface area (Å²) in [5.74, 6) is 0.520. The smallest absolute Gasteiger partial charge is 0.179 e. The Hall–Kier alpha value is -1.65. The Labute approximate surface area is 100 Å². The van der Waals surface area contributed by atoms with E-state index in [-0.39, 0.29) is 0 Å². The Bertz CT molecular complexity index is 511. The van der Waals surface area contributed by atoms with Crippen LogP contribution in [0.1, 0.15) is 50.1 Å². The lowest BCUT2D eigenvalue weighted by molar-refractivity contribution is 0.578. The summed E-state index contributed by atoms with van der Waals surface area (Å²) < 4.78 is 1.69. The van der Waals surface area contributed by atoms with E-state index in [2.05, 4.69) is 15.3 Å². The molecule has 90 valence electrons. The first-order valence-corrected chi connectivity index (χ1v) is 6.31. The standard InChI is InChI=1S/C12H17N5/c13-10-7-14-12-11(15-16-17(12)8-10)9-5-3-1-2-4-6-9/h7-9H,1-6,13H2. The van der Waals surface area contributed by atoms with Crippen LogP contribution in [0.4, 0.5) is 5.69 Å². The number of aromatic nitrogens is 4. The van der Waals surface area contributed by atoms with Crippen LogP contribution < -0.4 is 5.73 Å². The highest BCUT2D eigenvalue weighted by Gasteiger charge is 2.20. The summed E-state index contributed by atoms with van der Waals surface area (Å²) in [6.45, 7) is 0. The zero-order valence-corrected chi connectivity index (χ0v) is 9.84. The molecule has 3 rings (SSSR count). The topological polar surface area (TPSA) is 69.1 Å². The quantitative estimate of drug-likeness (QED) is 0.763. The second-order valence-corrected chi connectivity index (χ2v) is 4.82. The molecule has 0 aliphatic heterocycles. The number of nitrogens with two attached hydrogens (primary N) is 1. The first-order chi connectivity index (χ1) is 8.34. The molecule has 0 spiro atoms. The molecule has 17 heavy (non-hydrogen) atoms. The molecule has 1 aliphatic carbocycles. The highest BCUT2D eigenvalue weighted by Crippen LogP contribution is 2.31. The van der Waals surface area contributed by atoms with Crippen LogP contribution in [0.25, 0.3) is 5.65 Å². The first kappa shape index (κ1) is 10.5. The van der Waals surface area contributed by atoms with E-state index in [1.165, 1.54) is 38.5 Å². The van der Waals surface area contributed by atoms with Crippen molar-refractivity contribution in [3.8, 4) is 0 Å². The number of hydrogen-bond acceptors (Lipinski definition) is 4. The molecule has 0 unspecified atom stereocenters. The van der Waals surface area contributed by atoms with Gasteiger partial charge in [0.05, 0.1) is 18.1 Å². The van der Waals surface area contributed by atoms with Gasteiger partial charge >= 0.3 is 0 Å². The average molecular weight is 231 g/mol. The third-order valence-corrected chi connectivity index (χ3v) is 3.54. The molecule has 0 aromatic carbocycles. The predicted molar refractivity (Wildman–Crippen MR) is 65.6 cm³/mol. The molecule has 1 aliphatic rings. The second kappa shape index (κ2) is 4.31. The molecule has 0 saturated heterocycles. The average Bonchev–Trinajstić information content (AvgIpc) is 2.57. The van der Waals surface area contributed by atoms with E-state index in [4.69, 9.17) is 5.73 Å². The molecule has 0 amide bonds. The summed E-state index contributed by atoms with van der Waals surface area (Å²) in [4.78, 5) is 4.36. The highest BCUT2D eigenvalue weighted by atomic mass is 15.4. The fourth-order valence-electron chi connectivity index (χ4n) is 2.64. The van der Waals surface area contributed by atoms with E-state index in [1.807, 2.05) is 0 Å². The molecule has 0 atom stereocenters. The number of hydrogen-bond donors (Lipinski definition) is 1. The lowest BCUT2D eigenvalue weighted by Gasteiger charge is -2.09. The van der Waals surface area contributed by atoms with Crippen molar-refractivity contribution >= 4 is 11.3 Å². The predicted octanol–water partition coefficient (Wildman–Crippen LogP) is 2.14. The summed E-state index contributed by atoms with van der Waals surface area (Å²) >= 11 is 0. The van der Waals surface area contributed by atoms with Crippen molar-refractivity contribution in [2.45, 2.75) is 44.4 Å². The number of fused-ring (bicyclic) bond motifs is 1. The van der Waals surface area contributed by atoms with Gasteiger partial charge in [-0.3, -0.25) is 0 Å². The van der Waals surface area contributed by atoms with Crippen LogP contribution in [0, 0.1) is 0 Å². The van der Waals surface area contributed by atoms with Crippen molar-refractivity contribution in [3.63, 3.8) is 0 Å². The molecule has 2 aromatic rings. The molecule has 2 aromatic heterocycles. The van der Waals surface area contributed by atoms with E-state index >= 15 is 0 Å². The van der Waals surface area contributed by atoms with Crippen molar-refractivity contribution in [3.05, 3.63) is 18.1 Å². The third kappa shape index (κ3) is 1.97. The molecular weight excluding hydrogens is 214 g/mol. The second-order valence-electron chi connectivity index (χ2n) is 4.82. The van der Waals surface area contributed by atoms with Crippen molar-refractivity contribution in [2.24, 2.45) is 0 Å². The Morgan fingerprint density at radius 3 is 2.71 bits per heavy atom. The molecule has 5 nitrogen and oxygen atoms in total. The van der Waals surface area contributed by atoms with Gasteiger partial charge in [-0.2, -0.15) is 4.52 Å². The summed E-state index contributed by atoms with van der Waals surface area (Å²) in [6.07, 6.45) is 11.1. The van der Waals surface area contributed by atoms with Crippen LogP contribution in [0.3, 0.4) is 0 Å². The Kier molecular flexibility index (Phi) is 2.66. The molecular formula is C12H17N5. The van der Waals surface area contributed by atoms with Gasteiger partial charge < -0.3 is 5.73 Å². The number of nitrogen functional groups attached to an aromatic ring is 1. The molecule has 0 bridgehead atoms. The van der Waals surface area contributed by atoms with Gasteiger partial charge in [0.2, 0.25) is 0 Å². The van der Waals surface area contributed by atoms with E-state index in [9.17, 15) is 0 Å². The van der Waals surface area contributed by atoms with Gasteiger partial charge in [0.1, 0.15) is 5.69 Å². The van der Waals surface area contributed by atoms with E-state index in [0.29, 0.717) is 11.6 Å². The van der Waals surface area contributed by atoms with Crippen molar-refractivity contribution in [1.29, 1.82) is 0 Å². The van der Waals surface area contributed by atoms with Crippen molar-refractivity contribution in [2.75, 3.05) is 5.73 Å². The van der Waals surface area contributed by atoms with Crippen LogP contribution in [0.15, 0.2) is 12.4 Å². The zero-order valence-electron chi connectivity index (χ0n) is 9.84. The van der Waals surface area contributed by atoms with Gasteiger partial charge in [0.15, 0.2) is 5.65 Å².